The fraction of sp³-hybridized carbons (Fsp3) is 0.267. The number of hydrogen-bond donors (Lipinski definition) is 2. The van der Waals surface area contributed by atoms with Gasteiger partial charge < -0.3 is 14.6 Å². The number of esters is 1. The van der Waals surface area contributed by atoms with Crippen LogP contribution in [0.4, 0.5) is 18.3 Å². The molecule has 27 heavy (non-hydrogen) atoms. The first kappa shape index (κ1) is 21.2. The molecule has 1 heterocycles. The van der Waals surface area contributed by atoms with Crippen molar-refractivity contribution in [3.8, 4) is 11.5 Å². The molecule has 0 atom stereocenters. The van der Waals surface area contributed by atoms with Gasteiger partial charge in [0.15, 0.2) is 0 Å². The molecule has 0 unspecified atom stereocenters. The van der Waals surface area contributed by atoms with Crippen molar-refractivity contribution in [2.24, 2.45) is 5.10 Å². The topological polar surface area (TPSA) is 93.0 Å². The molecule has 7 nitrogen and oxygen atoms in total. The Hall–Kier alpha value is -2.09. The molecule has 0 radical (unpaired) electrons. The number of rotatable bonds is 7. The number of phenols is 1. The molecule has 2 aromatic rings. The maximum atomic E-state index is 12.3. The smallest absolute Gasteiger partial charge is 0.506 e. The van der Waals surface area contributed by atoms with Crippen LogP contribution in [-0.2, 0) is 16.0 Å². The summed E-state index contributed by atoms with van der Waals surface area (Å²) in [5.41, 5.74) is 3.10. The van der Waals surface area contributed by atoms with Crippen LogP contribution in [0.25, 0.3) is 0 Å². The van der Waals surface area contributed by atoms with Crippen molar-refractivity contribution in [2.75, 3.05) is 12.0 Å². The summed E-state index contributed by atoms with van der Waals surface area (Å²) in [5, 5.41) is 15.8. The second kappa shape index (κ2) is 9.21. The molecule has 2 N–H and O–H groups in total. The summed E-state index contributed by atoms with van der Waals surface area (Å²) >= 11 is 2.86. The highest BCUT2D eigenvalue weighted by molar-refractivity contribution is 14.1. The van der Waals surface area contributed by atoms with Gasteiger partial charge in [-0.15, -0.1) is 24.5 Å². The second-order valence-electron chi connectivity index (χ2n) is 4.89. The first-order chi connectivity index (χ1) is 12.7. The Kier molecular flexibility index (Phi) is 7.24. The van der Waals surface area contributed by atoms with Gasteiger partial charge in [-0.05, 0) is 41.6 Å². The van der Waals surface area contributed by atoms with E-state index in [2.05, 4.69) is 20.2 Å². The monoisotopic (exact) mass is 515 g/mol. The van der Waals surface area contributed by atoms with Crippen LogP contribution in [0.5, 0.6) is 11.5 Å². The van der Waals surface area contributed by atoms with Gasteiger partial charge in [0.1, 0.15) is 11.5 Å². The molecular weight excluding hydrogens is 502 g/mol. The minimum absolute atomic E-state index is 0.0194. The molecule has 0 aliphatic heterocycles. The number of thiazole rings is 1. The number of aromatic nitrogens is 1. The molecule has 0 aliphatic rings. The van der Waals surface area contributed by atoms with E-state index in [1.807, 2.05) is 0 Å². The van der Waals surface area contributed by atoms with Gasteiger partial charge in [-0.1, -0.05) is 0 Å². The zero-order valence-electron chi connectivity index (χ0n) is 13.7. The number of ether oxygens (including phenoxy) is 2. The largest absolute Gasteiger partial charge is 0.573 e. The highest BCUT2D eigenvalue weighted by Gasteiger charge is 2.31. The number of anilines is 1. The summed E-state index contributed by atoms with van der Waals surface area (Å²) in [6.45, 7) is 1.98. The fourth-order valence-electron chi connectivity index (χ4n) is 1.84. The van der Waals surface area contributed by atoms with E-state index < -0.39 is 18.1 Å². The summed E-state index contributed by atoms with van der Waals surface area (Å²) in [5.74, 6) is -1.12. The number of aromatic hydroxyl groups is 1. The lowest BCUT2D eigenvalue weighted by Gasteiger charge is -2.11. The van der Waals surface area contributed by atoms with E-state index in [1.165, 1.54) is 11.3 Å². The van der Waals surface area contributed by atoms with Crippen molar-refractivity contribution in [2.45, 2.75) is 19.7 Å². The Bertz CT molecular complexity index is 842. The highest BCUT2D eigenvalue weighted by atomic mass is 127. The summed E-state index contributed by atoms with van der Waals surface area (Å²) in [4.78, 5) is 15.5. The Balaban J connectivity index is 2.05. The third kappa shape index (κ3) is 6.86. The number of carbonyl (C=O) groups is 1. The average Bonchev–Trinajstić information content (AvgIpc) is 2.97. The van der Waals surface area contributed by atoms with Crippen molar-refractivity contribution in [1.29, 1.82) is 0 Å². The molecule has 0 saturated heterocycles. The van der Waals surface area contributed by atoms with E-state index in [1.54, 1.807) is 34.9 Å². The first-order valence-electron chi connectivity index (χ1n) is 7.35. The van der Waals surface area contributed by atoms with Crippen molar-refractivity contribution in [1.82, 2.24) is 4.98 Å². The number of alkyl halides is 3. The number of carbonyl (C=O) groups excluding carboxylic acids is 1. The van der Waals surface area contributed by atoms with Crippen LogP contribution >= 0.6 is 33.9 Å². The van der Waals surface area contributed by atoms with Gasteiger partial charge in [-0.25, -0.2) is 4.98 Å². The molecule has 1 aromatic carbocycles. The van der Waals surface area contributed by atoms with E-state index in [9.17, 15) is 23.1 Å². The number of halogens is 4. The number of nitrogens with one attached hydrogen (secondary N) is 1. The van der Waals surface area contributed by atoms with Crippen molar-refractivity contribution < 1.29 is 32.5 Å². The zero-order chi connectivity index (χ0) is 20.0. The minimum Gasteiger partial charge on any atom is -0.506 e. The minimum atomic E-state index is -4.84. The number of hydrazone groups is 1. The standard InChI is InChI=1S/C15H13F3IN3O4S/c1-2-25-12(23)4-9-7-27-14(21-9)22-20-6-8-3-10(26-15(16,17)18)5-11(19)13(8)24/h3,5-7,24H,2,4H2,1H3,(H,21,22). The van der Waals surface area contributed by atoms with Crippen molar-refractivity contribution in [3.05, 3.63) is 32.3 Å². The third-order valence-electron chi connectivity index (χ3n) is 2.85. The van der Waals surface area contributed by atoms with Gasteiger partial charge in [-0.3, -0.25) is 10.2 Å². The summed E-state index contributed by atoms with van der Waals surface area (Å²) in [6, 6.07) is 2.06. The molecule has 0 bridgehead atoms. The molecular formula is C15H13F3IN3O4S. The predicted molar refractivity (Wildman–Crippen MR) is 101 cm³/mol. The summed E-state index contributed by atoms with van der Waals surface area (Å²) in [6.07, 6.45) is -3.69. The van der Waals surface area contributed by atoms with E-state index >= 15 is 0 Å². The number of phenolic OH excluding ortho intramolecular Hbond substituents is 1. The molecule has 1 aromatic heterocycles. The molecule has 2 rings (SSSR count). The SMILES string of the molecule is CCOC(=O)Cc1csc(NN=Cc2cc(OC(F)(F)F)cc(I)c2O)n1. The molecule has 0 fully saturated rings. The zero-order valence-corrected chi connectivity index (χ0v) is 16.7. The summed E-state index contributed by atoms with van der Waals surface area (Å²) in [7, 11) is 0. The van der Waals surface area contributed by atoms with Crippen LogP contribution in [0, 0.1) is 3.57 Å². The van der Waals surface area contributed by atoms with E-state index in [0.717, 1.165) is 18.3 Å². The van der Waals surface area contributed by atoms with Crippen molar-refractivity contribution >= 4 is 51.2 Å². The first-order valence-corrected chi connectivity index (χ1v) is 9.31. The highest BCUT2D eigenvalue weighted by Crippen LogP contribution is 2.31. The van der Waals surface area contributed by atoms with Crippen LogP contribution in [0.3, 0.4) is 0 Å². The maximum absolute atomic E-state index is 12.3. The van der Waals surface area contributed by atoms with Crippen LogP contribution in [0.2, 0.25) is 0 Å². The van der Waals surface area contributed by atoms with Gasteiger partial charge in [0.25, 0.3) is 0 Å². The lowest BCUT2D eigenvalue weighted by Crippen LogP contribution is -2.17. The van der Waals surface area contributed by atoms with Crippen LogP contribution in [0.15, 0.2) is 22.6 Å². The fourth-order valence-corrected chi connectivity index (χ4v) is 3.12. The molecule has 12 heteroatoms. The quantitative estimate of drug-likeness (QED) is 0.252. The lowest BCUT2D eigenvalue weighted by atomic mass is 10.2. The Morgan fingerprint density at radius 1 is 1.48 bits per heavy atom. The Morgan fingerprint density at radius 3 is 2.89 bits per heavy atom. The van der Waals surface area contributed by atoms with Crippen LogP contribution < -0.4 is 10.2 Å². The average molecular weight is 515 g/mol. The van der Waals surface area contributed by atoms with E-state index in [0.29, 0.717) is 10.8 Å². The van der Waals surface area contributed by atoms with Gasteiger partial charge in [0, 0.05) is 10.9 Å². The van der Waals surface area contributed by atoms with Crippen LogP contribution in [-0.4, -0.2) is 35.2 Å². The molecule has 0 saturated carbocycles. The lowest BCUT2D eigenvalue weighted by molar-refractivity contribution is -0.274. The molecule has 0 spiro atoms. The van der Waals surface area contributed by atoms with Gasteiger partial charge in [-0.2, -0.15) is 5.10 Å². The van der Waals surface area contributed by atoms with Gasteiger partial charge >= 0.3 is 12.3 Å². The third-order valence-corrected chi connectivity index (χ3v) is 4.46. The van der Waals surface area contributed by atoms with Crippen LogP contribution in [0.1, 0.15) is 18.2 Å². The molecule has 146 valence electrons. The van der Waals surface area contributed by atoms with Gasteiger partial charge in [0.2, 0.25) is 5.13 Å². The van der Waals surface area contributed by atoms with E-state index in [-0.39, 0.29) is 27.9 Å². The maximum Gasteiger partial charge on any atom is 0.573 e. The Morgan fingerprint density at radius 2 is 2.22 bits per heavy atom. The number of hydrogen-bond acceptors (Lipinski definition) is 8. The summed E-state index contributed by atoms with van der Waals surface area (Å²) < 4.78 is 45.9. The number of nitrogens with zero attached hydrogens (tertiary/aromatic N) is 2. The van der Waals surface area contributed by atoms with Gasteiger partial charge in [0.05, 0.1) is 28.5 Å². The van der Waals surface area contributed by atoms with Crippen molar-refractivity contribution in [3.63, 3.8) is 0 Å². The number of benzene rings is 1. The molecule has 0 aliphatic carbocycles. The Labute approximate surface area is 169 Å². The second-order valence-corrected chi connectivity index (χ2v) is 6.91. The molecule has 0 amide bonds. The van der Waals surface area contributed by atoms with E-state index in [4.69, 9.17) is 4.74 Å². The normalized spacial score (nSPS) is 11.6. The predicted octanol–water partition coefficient (Wildman–Crippen LogP) is 3.90.